The van der Waals surface area contributed by atoms with Gasteiger partial charge in [0.15, 0.2) is 0 Å². The first-order valence-electron chi connectivity index (χ1n) is 5.03. The molecule has 3 nitrogen and oxygen atoms in total. The lowest BCUT2D eigenvalue weighted by Gasteiger charge is -2.11. The first-order chi connectivity index (χ1) is 8.16. The highest BCUT2D eigenvalue weighted by Crippen LogP contribution is 2.21. The molecule has 1 atom stereocenters. The molecule has 0 saturated heterocycles. The molecular formula is C12H10BrFN2O. The highest BCUT2D eigenvalue weighted by atomic mass is 79.9. The lowest BCUT2D eigenvalue weighted by Crippen LogP contribution is -2.04. The highest BCUT2D eigenvalue weighted by molar-refractivity contribution is 9.10. The SMILES string of the molecule is OC(Cc1cc(Br)ccc1F)c1cncnc1. The quantitative estimate of drug-likeness (QED) is 0.947. The van der Waals surface area contributed by atoms with Crippen LogP contribution in [0.15, 0.2) is 41.4 Å². The molecule has 0 bridgehead atoms. The minimum atomic E-state index is -0.806. The van der Waals surface area contributed by atoms with Crippen molar-refractivity contribution in [3.05, 3.63) is 58.3 Å². The standard InChI is InChI=1S/C12H10BrFN2O/c13-10-1-2-11(14)8(3-10)4-12(17)9-5-15-7-16-6-9/h1-3,5-7,12,17H,4H2. The average molecular weight is 297 g/mol. The molecule has 1 aromatic heterocycles. The molecule has 2 rings (SSSR count). The Balaban J connectivity index is 2.18. The van der Waals surface area contributed by atoms with Crippen molar-refractivity contribution in [3.63, 3.8) is 0 Å². The fourth-order valence-electron chi connectivity index (χ4n) is 1.51. The molecule has 1 N–H and O–H groups in total. The maximum Gasteiger partial charge on any atom is 0.126 e. The van der Waals surface area contributed by atoms with Crippen LogP contribution in [0.3, 0.4) is 0 Å². The zero-order chi connectivity index (χ0) is 12.3. The molecule has 1 aromatic carbocycles. The van der Waals surface area contributed by atoms with Crippen LogP contribution in [0, 0.1) is 5.82 Å². The van der Waals surface area contributed by atoms with Gasteiger partial charge in [-0.3, -0.25) is 0 Å². The third kappa shape index (κ3) is 3.08. The molecule has 0 aliphatic carbocycles. The maximum absolute atomic E-state index is 13.5. The lowest BCUT2D eigenvalue weighted by molar-refractivity contribution is 0.176. The van der Waals surface area contributed by atoms with Gasteiger partial charge in [0.25, 0.3) is 0 Å². The van der Waals surface area contributed by atoms with E-state index < -0.39 is 6.10 Å². The Bertz CT molecular complexity index is 507. The van der Waals surface area contributed by atoms with E-state index in [1.165, 1.54) is 24.8 Å². The van der Waals surface area contributed by atoms with E-state index in [1.807, 2.05) is 0 Å². The minimum absolute atomic E-state index is 0.193. The molecule has 0 fully saturated rings. The highest BCUT2D eigenvalue weighted by Gasteiger charge is 2.12. The zero-order valence-electron chi connectivity index (χ0n) is 8.85. The van der Waals surface area contributed by atoms with Gasteiger partial charge >= 0.3 is 0 Å². The van der Waals surface area contributed by atoms with Gasteiger partial charge in [-0.2, -0.15) is 0 Å². The molecule has 0 aliphatic heterocycles. The summed E-state index contributed by atoms with van der Waals surface area (Å²) in [4.78, 5) is 7.63. The van der Waals surface area contributed by atoms with Crippen molar-refractivity contribution >= 4 is 15.9 Å². The summed E-state index contributed by atoms with van der Waals surface area (Å²) in [5.41, 5.74) is 1.03. The maximum atomic E-state index is 13.5. The van der Waals surface area contributed by atoms with Crippen molar-refractivity contribution in [1.82, 2.24) is 9.97 Å². The first kappa shape index (κ1) is 12.1. The molecule has 1 heterocycles. The number of nitrogens with zero attached hydrogens (tertiary/aromatic N) is 2. The fourth-order valence-corrected chi connectivity index (χ4v) is 1.92. The van der Waals surface area contributed by atoms with Gasteiger partial charge < -0.3 is 5.11 Å². The second-order valence-corrected chi connectivity index (χ2v) is 4.54. The molecule has 88 valence electrons. The Labute approximate surface area is 106 Å². The van der Waals surface area contributed by atoms with E-state index in [2.05, 4.69) is 25.9 Å². The van der Waals surface area contributed by atoms with Crippen molar-refractivity contribution in [2.45, 2.75) is 12.5 Å². The molecule has 0 saturated carbocycles. The van der Waals surface area contributed by atoms with Gasteiger partial charge in [-0.05, 0) is 23.8 Å². The van der Waals surface area contributed by atoms with E-state index in [9.17, 15) is 9.50 Å². The van der Waals surface area contributed by atoms with Gasteiger partial charge in [0.05, 0.1) is 6.10 Å². The Morgan fingerprint density at radius 2 is 2.00 bits per heavy atom. The second kappa shape index (κ2) is 5.33. The number of hydrogen-bond acceptors (Lipinski definition) is 3. The molecule has 1 unspecified atom stereocenters. The van der Waals surface area contributed by atoms with E-state index in [1.54, 1.807) is 12.1 Å². The van der Waals surface area contributed by atoms with Crippen molar-refractivity contribution in [1.29, 1.82) is 0 Å². The normalized spacial score (nSPS) is 12.4. The summed E-state index contributed by atoms with van der Waals surface area (Å²) < 4.78 is 14.3. The van der Waals surface area contributed by atoms with Crippen molar-refractivity contribution < 1.29 is 9.50 Å². The summed E-state index contributed by atoms with van der Waals surface area (Å²) in [6, 6.07) is 4.65. The minimum Gasteiger partial charge on any atom is -0.388 e. The van der Waals surface area contributed by atoms with Crippen LogP contribution in [0.2, 0.25) is 0 Å². The Kier molecular flexibility index (Phi) is 3.81. The zero-order valence-corrected chi connectivity index (χ0v) is 10.4. The van der Waals surface area contributed by atoms with E-state index in [0.29, 0.717) is 11.1 Å². The number of rotatable bonds is 3. The van der Waals surface area contributed by atoms with Crippen molar-refractivity contribution in [2.75, 3.05) is 0 Å². The molecule has 0 radical (unpaired) electrons. The third-order valence-corrected chi connectivity index (χ3v) is 2.88. The summed E-state index contributed by atoms with van der Waals surface area (Å²) in [6.45, 7) is 0. The Morgan fingerprint density at radius 3 is 2.71 bits per heavy atom. The summed E-state index contributed by atoms with van der Waals surface area (Å²) in [5.74, 6) is -0.330. The van der Waals surface area contributed by atoms with Gasteiger partial charge in [-0.15, -0.1) is 0 Å². The molecule has 5 heteroatoms. The summed E-state index contributed by atoms with van der Waals surface area (Å²) in [5, 5.41) is 9.93. The number of benzene rings is 1. The smallest absolute Gasteiger partial charge is 0.126 e. The topological polar surface area (TPSA) is 46.0 Å². The molecule has 0 aliphatic rings. The van der Waals surface area contributed by atoms with Gasteiger partial charge in [-0.25, -0.2) is 14.4 Å². The van der Waals surface area contributed by atoms with E-state index in [4.69, 9.17) is 0 Å². The van der Waals surface area contributed by atoms with Crippen LogP contribution in [-0.2, 0) is 6.42 Å². The molecule has 0 spiro atoms. The monoisotopic (exact) mass is 296 g/mol. The van der Waals surface area contributed by atoms with Crippen molar-refractivity contribution in [2.24, 2.45) is 0 Å². The van der Waals surface area contributed by atoms with E-state index >= 15 is 0 Å². The lowest BCUT2D eigenvalue weighted by atomic mass is 10.0. The number of hydrogen-bond donors (Lipinski definition) is 1. The molecular weight excluding hydrogens is 287 g/mol. The summed E-state index contributed by atoms with van der Waals surface area (Å²) >= 11 is 3.27. The van der Waals surface area contributed by atoms with Gasteiger partial charge in [-0.1, -0.05) is 15.9 Å². The van der Waals surface area contributed by atoms with Crippen LogP contribution in [0.4, 0.5) is 4.39 Å². The van der Waals surface area contributed by atoms with Crippen LogP contribution < -0.4 is 0 Å². The van der Waals surface area contributed by atoms with Gasteiger partial charge in [0, 0.05) is 28.9 Å². The van der Waals surface area contributed by atoms with Crippen LogP contribution in [0.5, 0.6) is 0 Å². The number of aliphatic hydroxyl groups is 1. The number of halogens is 2. The van der Waals surface area contributed by atoms with Crippen molar-refractivity contribution in [3.8, 4) is 0 Å². The molecule has 0 amide bonds. The average Bonchev–Trinajstić information content (AvgIpc) is 2.35. The second-order valence-electron chi connectivity index (χ2n) is 3.63. The first-order valence-corrected chi connectivity index (χ1v) is 5.83. The number of aromatic nitrogens is 2. The largest absolute Gasteiger partial charge is 0.388 e. The fraction of sp³-hybridized carbons (Fsp3) is 0.167. The summed E-state index contributed by atoms with van der Waals surface area (Å²) in [6.07, 6.45) is 3.82. The van der Waals surface area contributed by atoms with Crippen LogP contribution in [0.25, 0.3) is 0 Å². The Morgan fingerprint density at radius 1 is 1.29 bits per heavy atom. The summed E-state index contributed by atoms with van der Waals surface area (Å²) in [7, 11) is 0. The van der Waals surface area contributed by atoms with Crippen LogP contribution in [-0.4, -0.2) is 15.1 Å². The van der Waals surface area contributed by atoms with Crippen LogP contribution >= 0.6 is 15.9 Å². The molecule has 2 aromatic rings. The number of aliphatic hydroxyl groups excluding tert-OH is 1. The van der Waals surface area contributed by atoms with E-state index in [0.717, 1.165) is 4.47 Å². The molecule has 17 heavy (non-hydrogen) atoms. The van der Waals surface area contributed by atoms with E-state index in [-0.39, 0.29) is 12.2 Å². The Hall–Kier alpha value is -1.33. The van der Waals surface area contributed by atoms with Crippen LogP contribution in [0.1, 0.15) is 17.2 Å². The van der Waals surface area contributed by atoms with Gasteiger partial charge in [0.1, 0.15) is 12.1 Å². The predicted octanol–water partition coefficient (Wildman–Crippen LogP) is 2.65. The predicted molar refractivity (Wildman–Crippen MR) is 64.8 cm³/mol. The van der Waals surface area contributed by atoms with Gasteiger partial charge in [0.2, 0.25) is 0 Å². The third-order valence-electron chi connectivity index (χ3n) is 2.39.